The quantitative estimate of drug-likeness (QED) is 0.415. The number of nitro groups is 1. The Morgan fingerprint density at radius 2 is 1.89 bits per heavy atom. The maximum Gasteiger partial charge on any atom is 0.271 e. The number of amides is 1. The summed E-state index contributed by atoms with van der Waals surface area (Å²) in [6, 6.07) is 9.95. The summed E-state index contributed by atoms with van der Waals surface area (Å²) in [6.45, 7) is 3.07. The number of aryl methyl sites for hydroxylation is 1. The predicted molar refractivity (Wildman–Crippen MR) is 111 cm³/mol. The Morgan fingerprint density at radius 1 is 1.25 bits per heavy atom. The lowest BCUT2D eigenvalue weighted by Gasteiger charge is -2.29. The molecule has 0 aromatic heterocycles. The monoisotopic (exact) mass is 423 g/mol. The molecule has 2 aromatic carbocycles. The predicted octanol–water partition coefficient (Wildman–Crippen LogP) is 3.42. The topological polar surface area (TPSA) is 110 Å². The normalized spacial score (nSPS) is 12.3. The lowest BCUT2D eigenvalue weighted by molar-refractivity contribution is -0.384. The number of hydrogen-bond acceptors (Lipinski definition) is 6. The van der Waals surface area contributed by atoms with E-state index < -0.39 is 26.9 Å². The molecular weight excluding hydrogens is 402 g/mol. The smallest absolute Gasteiger partial charge is 0.271 e. The van der Waals surface area contributed by atoms with E-state index in [1.54, 1.807) is 19.1 Å². The molecule has 1 amide bonds. The summed E-state index contributed by atoms with van der Waals surface area (Å²) in [7, 11) is -3.89. The Morgan fingerprint density at radius 3 is 2.46 bits per heavy atom. The Bertz CT molecular complexity index is 1010. The van der Waals surface area contributed by atoms with Crippen LogP contribution in [-0.2, 0) is 14.8 Å². The van der Waals surface area contributed by atoms with Crippen molar-refractivity contribution in [1.82, 2.24) is 0 Å². The maximum atomic E-state index is 12.8. The first kappa shape index (κ1) is 21.7. The number of thioether (sulfide) groups is 1. The first-order valence-corrected chi connectivity index (χ1v) is 11.3. The fourth-order valence-corrected chi connectivity index (χ4v) is 4.49. The van der Waals surface area contributed by atoms with Crippen molar-refractivity contribution in [2.75, 3.05) is 22.1 Å². The van der Waals surface area contributed by atoms with Gasteiger partial charge < -0.3 is 5.32 Å². The lowest BCUT2D eigenvalue weighted by atomic mass is 10.1. The van der Waals surface area contributed by atoms with Crippen LogP contribution in [0.3, 0.4) is 0 Å². The standard InChI is InChI=1S/C18H21N3O5S2/c1-12-9-10-14(21(23)24)11-16(12)20(28(4,25)26)13(2)18(22)19-15-7-5-6-8-17(15)27-3/h5-11,13H,1-4H3,(H,19,22)/t13-/m0/s1. The highest BCUT2D eigenvalue weighted by atomic mass is 32.2. The number of carbonyl (C=O) groups is 1. The van der Waals surface area contributed by atoms with Crippen molar-refractivity contribution >= 4 is 44.8 Å². The van der Waals surface area contributed by atoms with Crippen LogP contribution in [-0.4, -0.2) is 37.8 Å². The molecule has 0 aliphatic heterocycles. The van der Waals surface area contributed by atoms with E-state index in [2.05, 4.69) is 5.32 Å². The number of anilines is 2. The molecule has 10 heteroatoms. The van der Waals surface area contributed by atoms with Gasteiger partial charge in [0.25, 0.3) is 5.69 Å². The molecule has 0 spiro atoms. The number of carbonyl (C=O) groups excluding carboxylic acids is 1. The molecule has 0 bridgehead atoms. The minimum Gasteiger partial charge on any atom is -0.323 e. The number of hydrogen-bond donors (Lipinski definition) is 1. The maximum absolute atomic E-state index is 12.8. The van der Waals surface area contributed by atoms with Crippen molar-refractivity contribution in [2.24, 2.45) is 0 Å². The summed E-state index contributed by atoms with van der Waals surface area (Å²) in [6.07, 6.45) is 2.83. The van der Waals surface area contributed by atoms with Crippen molar-refractivity contribution in [2.45, 2.75) is 24.8 Å². The average molecular weight is 424 g/mol. The molecule has 1 N–H and O–H groups in total. The zero-order valence-corrected chi connectivity index (χ0v) is 17.5. The molecule has 1 atom stereocenters. The molecule has 0 fully saturated rings. The molecule has 0 aliphatic rings. The third-order valence-electron chi connectivity index (χ3n) is 4.09. The minimum atomic E-state index is -3.89. The largest absolute Gasteiger partial charge is 0.323 e. The van der Waals surface area contributed by atoms with Crippen LogP contribution in [0.4, 0.5) is 17.1 Å². The van der Waals surface area contributed by atoms with E-state index in [1.807, 2.05) is 18.4 Å². The summed E-state index contributed by atoms with van der Waals surface area (Å²) in [5.74, 6) is -0.544. The lowest BCUT2D eigenvalue weighted by Crippen LogP contribution is -2.45. The summed E-state index contributed by atoms with van der Waals surface area (Å²) in [4.78, 5) is 24.1. The van der Waals surface area contributed by atoms with Gasteiger partial charge in [0.05, 0.1) is 22.6 Å². The summed E-state index contributed by atoms with van der Waals surface area (Å²) in [5.41, 5.74) is 0.906. The van der Waals surface area contributed by atoms with Crippen LogP contribution >= 0.6 is 11.8 Å². The van der Waals surface area contributed by atoms with Gasteiger partial charge in [0.2, 0.25) is 15.9 Å². The summed E-state index contributed by atoms with van der Waals surface area (Å²) in [5, 5.41) is 13.8. The molecule has 28 heavy (non-hydrogen) atoms. The van der Waals surface area contributed by atoms with E-state index in [0.717, 1.165) is 21.5 Å². The van der Waals surface area contributed by atoms with Gasteiger partial charge in [-0.3, -0.25) is 19.2 Å². The number of rotatable bonds is 7. The van der Waals surface area contributed by atoms with E-state index in [-0.39, 0.29) is 11.4 Å². The van der Waals surface area contributed by atoms with Crippen LogP contribution in [0, 0.1) is 17.0 Å². The zero-order chi connectivity index (χ0) is 21.1. The summed E-state index contributed by atoms with van der Waals surface area (Å²) >= 11 is 1.45. The Kier molecular flexibility index (Phi) is 6.68. The Labute approximate surface area is 168 Å². The van der Waals surface area contributed by atoms with Gasteiger partial charge in [0.1, 0.15) is 6.04 Å². The number of non-ortho nitro benzene ring substituents is 1. The first-order chi connectivity index (χ1) is 13.1. The van der Waals surface area contributed by atoms with Crippen molar-refractivity contribution < 1.29 is 18.1 Å². The van der Waals surface area contributed by atoms with Crippen LogP contribution in [0.1, 0.15) is 12.5 Å². The van der Waals surface area contributed by atoms with Crippen molar-refractivity contribution in [3.05, 3.63) is 58.1 Å². The number of nitrogens with one attached hydrogen (secondary N) is 1. The van der Waals surface area contributed by atoms with Gasteiger partial charge in [-0.05, 0) is 37.8 Å². The van der Waals surface area contributed by atoms with E-state index in [0.29, 0.717) is 11.3 Å². The second-order valence-electron chi connectivity index (χ2n) is 6.15. The fraction of sp³-hybridized carbons (Fsp3) is 0.278. The van der Waals surface area contributed by atoms with E-state index in [1.165, 1.54) is 30.8 Å². The van der Waals surface area contributed by atoms with Crippen LogP contribution in [0.5, 0.6) is 0 Å². The molecular formula is C18H21N3O5S2. The highest BCUT2D eigenvalue weighted by Gasteiger charge is 2.31. The van der Waals surface area contributed by atoms with E-state index in [4.69, 9.17) is 0 Å². The van der Waals surface area contributed by atoms with Gasteiger partial charge in [-0.2, -0.15) is 0 Å². The highest BCUT2D eigenvalue weighted by Crippen LogP contribution is 2.30. The van der Waals surface area contributed by atoms with Gasteiger partial charge in [-0.1, -0.05) is 18.2 Å². The molecule has 0 unspecified atom stereocenters. The Balaban J connectivity index is 2.45. The molecule has 0 heterocycles. The van der Waals surface area contributed by atoms with Gasteiger partial charge in [0, 0.05) is 17.0 Å². The van der Waals surface area contributed by atoms with Crippen molar-refractivity contribution in [1.29, 1.82) is 0 Å². The van der Waals surface area contributed by atoms with Crippen LogP contribution in [0.15, 0.2) is 47.4 Å². The third kappa shape index (κ3) is 4.82. The fourth-order valence-electron chi connectivity index (χ4n) is 2.71. The first-order valence-electron chi connectivity index (χ1n) is 8.24. The number of sulfonamides is 1. The highest BCUT2D eigenvalue weighted by molar-refractivity contribution is 7.98. The second kappa shape index (κ2) is 8.61. The van der Waals surface area contributed by atoms with Gasteiger partial charge in [-0.15, -0.1) is 11.8 Å². The number of para-hydroxylation sites is 1. The van der Waals surface area contributed by atoms with E-state index in [9.17, 15) is 23.3 Å². The van der Waals surface area contributed by atoms with Gasteiger partial charge in [0.15, 0.2) is 0 Å². The molecule has 0 saturated heterocycles. The number of nitrogens with zero attached hydrogens (tertiary/aromatic N) is 2. The second-order valence-corrected chi connectivity index (χ2v) is 8.86. The van der Waals surface area contributed by atoms with Crippen LogP contribution in [0.2, 0.25) is 0 Å². The molecule has 2 aromatic rings. The third-order valence-corrected chi connectivity index (χ3v) is 6.12. The Hall–Kier alpha value is -2.59. The molecule has 0 saturated carbocycles. The van der Waals surface area contributed by atoms with Crippen LogP contribution in [0.25, 0.3) is 0 Å². The molecule has 2 rings (SSSR count). The molecule has 150 valence electrons. The minimum absolute atomic E-state index is 0.0949. The van der Waals surface area contributed by atoms with Crippen molar-refractivity contribution in [3.63, 3.8) is 0 Å². The molecule has 0 aliphatic carbocycles. The van der Waals surface area contributed by atoms with Gasteiger partial charge in [-0.25, -0.2) is 8.42 Å². The molecule has 0 radical (unpaired) electrons. The van der Waals surface area contributed by atoms with Crippen molar-refractivity contribution in [3.8, 4) is 0 Å². The number of nitro benzene ring substituents is 1. The van der Waals surface area contributed by atoms with E-state index >= 15 is 0 Å². The van der Waals surface area contributed by atoms with Gasteiger partial charge >= 0.3 is 0 Å². The number of benzene rings is 2. The van der Waals surface area contributed by atoms with Crippen LogP contribution < -0.4 is 9.62 Å². The SMILES string of the molecule is CSc1ccccc1NC(=O)[C@H](C)N(c1cc([N+](=O)[O-])ccc1C)S(C)(=O)=O. The zero-order valence-electron chi connectivity index (χ0n) is 15.9. The average Bonchev–Trinajstić information content (AvgIpc) is 2.62. The summed E-state index contributed by atoms with van der Waals surface area (Å²) < 4.78 is 25.8. The molecule has 8 nitrogen and oxygen atoms in total.